The number of hydrogen-bond acceptors (Lipinski definition) is 4. The highest BCUT2D eigenvalue weighted by molar-refractivity contribution is 5.99. The van der Waals surface area contributed by atoms with Gasteiger partial charge in [-0.15, -0.1) is 0 Å². The van der Waals surface area contributed by atoms with Gasteiger partial charge in [-0.05, 0) is 60.9 Å². The Kier molecular flexibility index (Phi) is 7.33. The van der Waals surface area contributed by atoms with Crippen molar-refractivity contribution in [2.45, 2.75) is 33.1 Å². The average Bonchev–Trinajstić information content (AvgIpc) is 2.84. The van der Waals surface area contributed by atoms with E-state index in [-0.39, 0.29) is 11.7 Å². The van der Waals surface area contributed by atoms with E-state index < -0.39 is 0 Å². The number of anilines is 1. The van der Waals surface area contributed by atoms with Gasteiger partial charge in [0.2, 0.25) is 0 Å². The summed E-state index contributed by atoms with van der Waals surface area (Å²) >= 11 is 0. The lowest BCUT2D eigenvalue weighted by Crippen LogP contribution is -2.37. The molecule has 33 heavy (non-hydrogen) atoms. The highest BCUT2D eigenvalue weighted by Crippen LogP contribution is 2.28. The normalized spacial score (nSPS) is 14.5. The molecule has 3 aromatic rings. The number of carbonyl (C=O) groups excluding carboxylic acids is 1. The van der Waals surface area contributed by atoms with Crippen LogP contribution in [0.15, 0.2) is 60.8 Å². The predicted octanol–water partition coefficient (Wildman–Crippen LogP) is 5.13. The molecule has 0 atom stereocenters. The molecule has 1 aliphatic rings. The maximum Gasteiger partial charge on any atom is 0.256 e. The van der Waals surface area contributed by atoms with Gasteiger partial charge < -0.3 is 10.2 Å². The van der Waals surface area contributed by atoms with E-state index in [1.54, 1.807) is 18.3 Å². The summed E-state index contributed by atoms with van der Waals surface area (Å²) in [4.78, 5) is 24.4. The fraction of sp³-hybridized carbons (Fsp3) is 0.370. The highest BCUT2D eigenvalue weighted by atomic mass is 19.1. The van der Waals surface area contributed by atoms with Crippen molar-refractivity contribution in [1.29, 1.82) is 0 Å². The number of benzene rings is 2. The summed E-state index contributed by atoms with van der Waals surface area (Å²) in [5.74, 6) is 1.66. The van der Waals surface area contributed by atoms with E-state index in [1.165, 1.54) is 17.7 Å². The summed E-state index contributed by atoms with van der Waals surface area (Å²) < 4.78 is 13.4. The van der Waals surface area contributed by atoms with Crippen LogP contribution >= 0.6 is 0 Å². The zero-order valence-electron chi connectivity index (χ0n) is 19.3. The lowest BCUT2D eigenvalue weighted by atomic mass is 9.90. The third kappa shape index (κ3) is 5.95. The van der Waals surface area contributed by atoms with Crippen LogP contribution in [-0.4, -0.2) is 35.5 Å². The topological polar surface area (TPSA) is 58.1 Å². The molecule has 4 rings (SSSR count). The molecule has 0 unspecified atom stereocenters. The van der Waals surface area contributed by atoms with Crippen LogP contribution in [0.1, 0.15) is 42.6 Å². The summed E-state index contributed by atoms with van der Waals surface area (Å²) in [6.07, 6.45) is 4.75. The minimum atomic E-state index is -0.302. The number of aromatic nitrogens is 2. The Hall–Kier alpha value is -3.28. The largest absolute Gasteiger partial charge is 0.356 e. The van der Waals surface area contributed by atoms with Crippen LogP contribution in [-0.2, 0) is 6.42 Å². The molecule has 0 bridgehead atoms. The van der Waals surface area contributed by atoms with E-state index in [0.29, 0.717) is 35.6 Å². The monoisotopic (exact) mass is 446 g/mol. The van der Waals surface area contributed by atoms with Crippen LogP contribution in [0.25, 0.3) is 11.4 Å². The second kappa shape index (κ2) is 10.6. The zero-order chi connectivity index (χ0) is 23.2. The van der Waals surface area contributed by atoms with Gasteiger partial charge in [0.05, 0.1) is 0 Å². The molecule has 1 N–H and O–H groups in total. The third-order valence-corrected chi connectivity index (χ3v) is 6.07. The van der Waals surface area contributed by atoms with Crippen molar-refractivity contribution in [3.8, 4) is 11.4 Å². The first kappa shape index (κ1) is 22.9. The van der Waals surface area contributed by atoms with Crippen LogP contribution < -0.4 is 10.2 Å². The minimum Gasteiger partial charge on any atom is -0.356 e. The molecular weight excluding hydrogens is 415 g/mol. The first-order valence-electron chi connectivity index (χ1n) is 11.7. The minimum absolute atomic E-state index is 0.157. The lowest BCUT2D eigenvalue weighted by molar-refractivity contribution is 0.0948. The van der Waals surface area contributed by atoms with E-state index in [9.17, 15) is 9.18 Å². The average molecular weight is 447 g/mol. The van der Waals surface area contributed by atoms with Gasteiger partial charge in [-0.2, -0.15) is 0 Å². The summed E-state index contributed by atoms with van der Waals surface area (Å²) in [5.41, 5.74) is 2.58. The summed E-state index contributed by atoms with van der Waals surface area (Å²) in [6, 6.07) is 16.7. The quantitative estimate of drug-likeness (QED) is 0.547. The van der Waals surface area contributed by atoms with Gasteiger partial charge in [-0.25, -0.2) is 14.4 Å². The Morgan fingerprint density at radius 2 is 1.79 bits per heavy atom. The number of amides is 1. The number of piperidine rings is 1. The van der Waals surface area contributed by atoms with Crippen LogP contribution in [0.3, 0.4) is 0 Å². The fourth-order valence-electron chi connectivity index (χ4n) is 4.20. The molecule has 1 aliphatic heterocycles. The van der Waals surface area contributed by atoms with Crippen LogP contribution in [0.5, 0.6) is 0 Å². The van der Waals surface area contributed by atoms with Crippen molar-refractivity contribution in [3.63, 3.8) is 0 Å². The Bertz CT molecular complexity index is 1060. The van der Waals surface area contributed by atoms with Crippen molar-refractivity contribution in [2.75, 3.05) is 24.5 Å². The molecule has 0 aliphatic carbocycles. The second-order valence-electron chi connectivity index (χ2n) is 9.16. The van der Waals surface area contributed by atoms with Crippen molar-refractivity contribution >= 4 is 11.7 Å². The standard InChI is InChI=1S/C27H31FN4O/c1-19(2)17-30-27(33)24-18-29-25(22-8-10-23(28)11-9-22)31-26(24)32-14-12-21(13-15-32)16-20-6-4-3-5-7-20/h3-11,18-19,21H,12-17H2,1-2H3,(H,30,33). The summed E-state index contributed by atoms with van der Waals surface area (Å²) in [7, 11) is 0. The number of halogens is 1. The van der Waals surface area contributed by atoms with E-state index in [1.807, 2.05) is 6.07 Å². The Balaban J connectivity index is 1.55. The van der Waals surface area contributed by atoms with Crippen LogP contribution in [0.2, 0.25) is 0 Å². The zero-order valence-corrected chi connectivity index (χ0v) is 19.3. The fourth-order valence-corrected chi connectivity index (χ4v) is 4.20. The molecule has 172 valence electrons. The van der Waals surface area contributed by atoms with Crippen molar-refractivity contribution in [2.24, 2.45) is 11.8 Å². The maximum atomic E-state index is 13.4. The van der Waals surface area contributed by atoms with Gasteiger partial charge in [-0.1, -0.05) is 44.2 Å². The lowest BCUT2D eigenvalue weighted by Gasteiger charge is -2.34. The van der Waals surface area contributed by atoms with Gasteiger partial charge in [0.1, 0.15) is 17.2 Å². The Labute approximate surface area is 195 Å². The molecule has 5 nitrogen and oxygen atoms in total. The Morgan fingerprint density at radius 3 is 2.45 bits per heavy atom. The van der Waals surface area contributed by atoms with E-state index >= 15 is 0 Å². The van der Waals surface area contributed by atoms with Crippen LogP contribution in [0.4, 0.5) is 10.2 Å². The van der Waals surface area contributed by atoms with Crippen molar-refractivity contribution < 1.29 is 9.18 Å². The second-order valence-corrected chi connectivity index (χ2v) is 9.16. The van der Waals surface area contributed by atoms with E-state index in [4.69, 9.17) is 4.98 Å². The SMILES string of the molecule is CC(C)CNC(=O)c1cnc(-c2ccc(F)cc2)nc1N1CCC(Cc2ccccc2)CC1. The molecule has 1 saturated heterocycles. The van der Waals surface area contributed by atoms with E-state index in [0.717, 1.165) is 37.9 Å². The van der Waals surface area contributed by atoms with E-state index in [2.05, 4.69) is 53.3 Å². The molecule has 1 fully saturated rings. The smallest absolute Gasteiger partial charge is 0.256 e. The molecule has 0 radical (unpaired) electrons. The molecule has 1 aromatic heterocycles. The van der Waals surface area contributed by atoms with Crippen molar-refractivity contribution in [3.05, 3.63) is 77.7 Å². The van der Waals surface area contributed by atoms with Gasteiger partial charge in [-0.3, -0.25) is 4.79 Å². The molecular formula is C27H31FN4O. The highest BCUT2D eigenvalue weighted by Gasteiger charge is 2.25. The third-order valence-electron chi connectivity index (χ3n) is 6.07. The van der Waals surface area contributed by atoms with Crippen LogP contribution in [0, 0.1) is 17.7 Å². The van der Waals surface area contributed by atoms with Gasteiger partial charge in [0.25, 0.3) is 5.91 Å². The molecule has 0 saturated carbocycles. The summed E-state index contributed by atoms with van der Waals surface area (Å²) in [5, 5.41) is 2.99. The number of rotatable bonds is 7. The van der Waals surface area contributed by atoms with Crippen molar-refractivity contribution in [1.82, 2.24) is 15.3 Å². The van der Waals surface area contributed by atoms with Gasteiger partial charge in [0, 0.05) is 31.4 Å². The maximum absolute atomic E-state index is 13.4. The first-order valence-corrected chi connectivity index (χ1v) is 11.7. The molecule has 0 spiro atoms. The number of hydrogen-bond donors (Lipinski definition) is 1. The number of nitrogens with one attached hydrogen (secondary N) is 1. The predicted molar refractivity (Wildman–Crippen MR) is 130 cm³/mol. The van der Waals surface area contributed by atoms with Gasteiger partial charge >= 0.3 is 0 Å². The number of carbonyl (C=O) groups is 1. The first-order chi connectivity index (χ1) is 16.0. The molecule has 6 heteroatoms. The van der Waals surface area contributed by atoms with Gasteiger partial charge in [0.15, 0.2) is 5.82 Å². The molecule has 1 amide bonds. The summed E-state index contributed by atoms with van der Waals surface area (Å²) in [6.45, 7) is 6.39. The molecule has 2 heterocycles. The number of nitrogens with zero attached hydrogens (tertiary/aromatic N) is 3. The Morgan fingerprint density at radius 1 is 1.09 bits per heavy atom. The molecule has 2 aromatic carbocycles.